The summed E-state index contributed by atoms with van der Waals surface area (Å²) < 4.78 is 21.2. The summed E-state index contributed by atoms with van der Waals surface area (Å²) in [5.74, 6) is -1.86. The van der Waals surface area contributed by atoms with E-state index in [2.05, 4.69) is 60.0 Å². The summed E-state index contributed by atoms with van der Waals surface area (Å²) in [5.41, 5.74) is 4.54. The minimum Gasteiger partial charge on any atom is -0.494 e. The Balaban J connectivity index is 1.74. The fraction of sp³-hybridized carbons (Fsp3) is 0.179. The predicted molar refractivity (Wildman–Crippen MR) is 144 cm³/mol. The van der Waals surface area contributed by atoms with Crippen LogP contribution in [0.5, 0.6) is 5.75 Å². The summed E-state index contributed by atoms with van der Waals surface area (Å²) >= 11 is 2.21. The van der Waals surface area contributed by atoms with Gasteiger partial charge in [0, 0.05) is 15.6 Å². The molecule has 0 aliphatic carbocycles. The molecule has 4 rings (SSSR count). The second-order valence-corrected chi connectivity index (χ2v) is 9.66. The van der Waals surface area contributed by atoms with Crippen molar-refractivity contribution < 1.29 is 23.5 Å². The van der Waals surface area contributed by atoms with E-state index < -0.39 is 23.7 Å². The van der Waals surface area contributed by atoms with Crippen molar-refractivity contribution in [2.75, 3.05) is 11.5 Å². The van der Waals surface area contributed by atoms with Crippen LogP contribution in [-0.2, 0) is 16.0 Å². The lowest BCUT2D eigenvalue weighted by Crippen LogP contribution is -2.54. The molecular formula is C28H24FIN2O4. The molecule has 1 heterocycles. The van der Waals surface area contributed by atoms with Crippen LogP contribution in [0.2, 0.25) is 0 Å². The van der Waals surface area contributed by atoms with E-state index in [0.717, 1.165) is 20.8 Å². The number of ether oxygens (including phenoxy) is 1. The van der Waals surface area contributed by atoms with Crippen LogP contribution in [0.25, 0.3) is 6.08 Å². The topological polar surface area (TPSA) is 75.7 Å². The Morgan fingerprint density at radius 1 is 1.03 bits per heavy atom. The van der Waals surface area contributed by atoms with Gasteiger partial charge in [-0.05, 0) is 84.8 Å². The Kier molecular flexibility index (Phi) is 7.53. The summed E-state index contributed by atoms with van der Waals surface area (Å²) in [4.78, 5) is 38.7. The van der Waals surface area contributed by atoms with Gasteiger partial charge in [0.1, 0.15) is 17.1 Å². The molecule has 8 heteroatoms. The third-order valence-electron chi connectivity index (χ3n) is 5.65. The maximum Gasteiger partial charge on any atom is 0.336 e. The van der Waals surface area contributed by atoms with Crippen LogP contribution in [-0.4, -0.2) is 24.5 Å². The van der Waals surface area contributed by atoms with E-state index in [-0.39, 0.29) is 11.3 Å². The van der Waals surface area contributed by atoms with Crippen LogP contribution in [0.3, 0.4) is 0 Å². The van der Waals surface area contributed by atoms with Crippen molar-refractivity contribution in [1.82, 2.24) is 5.32 Å². The van der Waals surface area contributed by atoms with Crippen molar-refractivity contribution >= 4 is 52.2 Å². The van der Waals surface area contributed by atoms with E-state index in [1.807, 2.05) is 13.0 Å². The first-order valence-electron chi connectivity index (χ1n) is 11.4. The van der Waals surface area contributed by atoms with Gasteiger partial charge in [0.05, 0.1) is 12.3 Å². The van der Waals surface area contributed by atoms with Crippen molar-refractivity contribution in [3.63, 3.8) is 0 Å². The molecule has 3 aromatic rings. The normalized spacial score (nSPS) is 14.9. The number of nitrogens with zero attached hydrogens (tertiary/aromatic N) is 1. The molecule has 1 fully saturated rings. The number of halogens is 2. The van der Waals surface area contributed by atoms with E-state index in [0.29, 0.717) is 29.2 Å². The van der Waals surface area contributed by atoms with Gasteiger partial charge in [-0.1, -0.05) is 41.5 Å². The second kappa shape index (κ2) is 10.6. The average molecular weight is 598 g/mol. The number of imide groups is 2. The van der Waals surface area contributed by atoms with Gasteiger partial charge < -0.3 is 4.74 Å². The summed E-state index contributed by atoms with van der Waals surface area (Å²) in [6, 6.07) is 14.4. The number of rotatable bonds is 6. The third-order valence-corrected chi connectivity index (χ3v) is 6.61. The molecule has 0 aromatic heterocycles. The Morgan fingerprint density at radius 2 is 1.72 bits per heavy atom. The molecule has 3 aromatic carbocycles. The standard InChI is InChI=1S/C28H24FIN2O4/c1-4-36-25-15-19(14-23(30)20(25)12-18-10-16(2)9-17(3)11-18)13-21-26(33)31-28(35)32(27(21)34)24-8-6-5-7-22(24)29/h5-11,13-15H,4,12H2,1-3H3,(H,31,33,35)/b21-13-. The van der Waals surface area contributed by atoms with Gasteiger partial charge in [0.25, 0.3) is 11.8 Å². The monoisotopic (exact) mass is 598 g/mol. The fourth-order valence-corrected chi connectivity index (χ4v) is 5.04. The summed E-state index contributed by atoms with van der Waals surface area (Å²) in [6.45, 7) is 6.43. The van der Waals surface area contributed by atoms with Crippen LogP contribution < -0.4 is 15.0 Å². The van der Waals surface area contributed by atoms with E-state index in [4.69, 9.17) is 4.74 Å². The summed E-state index contributed by atoms with van der Waals surface area (Å²) in [7, 11) is 0. The number of hydrogen-bond acceptors (Lipinski definition) is 4. The number of carbonyl (C=O) groups is 3. The average Bonchev–Trinajstić information content (AvgIpc) is 2.79. The molecule has 1 aliphatic heterocycles. The van der Waals surface area contributed by atoms with Crippen LogP contribution in [0.4, 0.5) is 14.9 Å². The SMILES string of the molecule is CCOc1cc(/C=C2/C(=O)NC(=O)N(c3ccccc3F)C2=O)cc(I)c1Cc1cc(C)cc(C)c1. The number of para-hydroxylation sites is 1. The number of nitrogens with one attached hydrogen (secondary N) is 1. The zero-order chi connectivity index (χ0) is 26.0. The Hall–Kier alpha value is -3.53. The van der Waals surface area contributed by atoms with E-state index in [1.54, 1.807) is 6.07 Å². The fourth-order valence-electron chi connectivity index (χ4n) is 4.22. The number of carbonyl (C=O) groups excluding carboxylic acids is 3. The molecule has 1 saturated heterocycles. The minimum atomic E-state index is -0.999. The molecule has 0 atom stereocenters. The first-order valence-corrected chi connectivity index (χ1v) is 12.4. The highest BCUT2D eigenvalue weighted by molar-refractivity contribution is 14.1. The Labute approximate surface area is 222 Å². The van der Waals surface area contributed by atoms with Crippen LogP contribution in [0.15, 0.2) is 60.2 Å². The van der Waals surface area contributed by atoms with E-state index in [1.165, 1.54) is 35.4 Å². The highest BCUT2D eigenvalue weighted by Crippen LogP contribution is 2.31. The zero-order valence-corrected chi connectivity index (χ0v) is 22.2. The van der Waals surface area contributed by atoms with Gasteiger partial charge in [-0.3, -0.25) is 14.9 Å². The number of anilines is 1. The molecule has 0 bridgehead atoms. The first-order chi connectivity index (χ1) is 17.2. The Bertz CT molecular complexity index is 1400. The van der Waals surface area contributed by atoms with E-state index in [9.17, 15) is 18.8 Å². The highest BCUT2D eigenvalue weighted by atomic mass is 127. The van der Waals surface area contributed by atoms with Gasteiger partial charge in [0.2, 0.25) is 0 Å². The number of urea groups is 1. The number of hydrogen-bond donors (Lipinski definition) is 1. The maximum atomic E-state index is 14.3. The minimum absolute atomic E-state index is 0.230. The molecule has 0 saturated carbocycles. The number of benzene rings is 3. The molecule has 36 heavy (non-hydrogen) atoms. The van der Waals surface area contributed by atoms with Gasteiger partial charge in [-0.2, -0.15) is 0 Å². The lowest BCUT2D eigenvalue weighted by Gasteiger charge is -2.26. The van der Waals surface area contributed by atoms with Gasteiger partial charge in [-0.15, -0.1) is 0 Å². The Morgan fingerprint density at radius 3 is 2.39 bits per heavy atom. The largest absolute Gasteiger partial charge is 0.494 e. The smallest absolute Gasteiger partial charge is 0.336 e. The quantitative estimate of drug-likeness (QED) is 0.225. The highest BCUT2D eigenvalue weighted by Gasteiger charge is 2.38. The van der Waals surface area contributed by atoms with Crippen LogP contribution in [0, 0.1) is 23.2 Å². The van der Waals surface area contributed by atoms with Crippen molar-refractivity contribution in [3.8, 4) is 5.75 Å². The summed E-state index contributed by atoms with van der Waals surface area (Å²) in [6.07, 6.45) is 2.05. The molecule has 1 N–H and O–H groups in total. The van der Waals surface area contributed by atoms with Crippen molar-refractivity contribution in [2.45, 2.75) is 27.2 Å². The van der Waals surface area contributed by atoms with Gasteiger partial charge >= 0.3 is 6.03 Å². The number of amides is 4. The van der Waals surface area contributed by atoms with Gasteiger partial charge in [-0.25, -0.2) is 14.1 Å². The zero-order valence-electron chi connectivity index (χ0n) is 20.0. The van der Waals surface area contributed by atoms with Crippen molar-refractivity contribution in [3.05, 3.63) is 97.4 Å². The van der Waals surface area contributed by atoms with Crippen molar-refractivity contribution in [1.29, 1.82) is 0 Å². The van der Waals surface area contributed by atoms with E-state index >= 15 is 0 Å². The van der Waals surface area contributed by atoms with Gasteiger partial charge in [0.15, 0.2) is 0 Å². The predicted octanol–water partition coefficient (Wildman–Crippen LogP) is 5.70. The van der Waals surface area contributed by atoms with Crippen LogP contribution >= 0.6 is 22.6 Å². The number of barbiturate groups is 1. The first kappa shape index (κ1) is 25.6. The summed E-state index contributed by atoms with van der Waals surface area (Å²) in [5, 5.41) is 2.12. The third kappa shape index (κ3) is 5.33. The molecule has 184 valence electrons. The molecule has 0 radical (unpaired) electrons. The van der Waals surface area contributed by atoms with Crippen LogP contribution in [0.1, 0.15) is 34.7 Å². The molecular weight excluding hydrogens is 574 g/mol. The molecule has 4 amide bonds. The molecule has 1 aliphatic rings. The van der Waals surface area contributed by atoms with Crippen molar-refractivity contribution in [2.24, 2.45) is 0 Å². The lowest BCUT2D eigenvalue weighted by molar-refractivity contribution is -0.122. The molecule has 0 spiro atoms. The number of aryl methyl sites for hydroxylation is 2. The lowest BCUT2D eigenvalue weighted by atomic mass is 9.98. The second-order valence-electron chi connectivity index (χ2n) is 8.49. The maximum absolute atomic E-state index is 14.3. The molecule has 6 nitrogen and oxygen atoms in total. The molecule has 0 unspecified atom stereocenters.